The second kappa shape index (κ2) is 8.17. The van der Waals surface area contributed by atoms with E-state index in [0.29, 0.717) is 30.3 Å². The maximum atomic E-state index is 14.4. The molecule has 1 aliphatic heterocycles. The van der Waals surface area contributed by atoms with Gasteiger partial charge in [0.05, 0.1) is 13.1 Å². The van der Waals surface area contributed by atoms with Crippen LogP contribution in [0.15, 0.2) is 54.6 Å². The minimum atomic E-state index is -1.15. The van der Waals surface area contributed by atoms with Crippen LogP contribution >= 0.6 is 0 Å². The lowest BCUT2D eigenvalue weighted by Crippen LogP contribution is -2.63. The van der Waals surface area contributed by atoms with Gasteiger partial charge in [-0.3, -0.25) is 9.59 Å². The van der Waals surface area contributed by atoms with Crippen molar-refractivity contribution < 1.29 is 14.0 Å². The van der Waals surface area contributed by atoms with Crippen molar-refractivity contribution in [2.45, 2.75) is 45.8 Å². The molecule has 0 bridgehead atoms. The van der Waals surface area contributed by atoms with Gasteiger partial charge in [-0.2, -0.15) is 0 Å². The van der Waals surface area contributed by atoms with Crippen LogP contribution in [0.1, 0.15) is 43.2 Å². The van der Waals surface area contributed by atoms with E-state index < -0.39 is 5.54 Å². The Kier molecular flexibility index (Phi) is 5.56. The number of hydrogen-bond acceptors (Lipinski definition) is 2. The van der Waals surface area contributed by atoms with Crippen LogP contribution in [0, 0.1) is 11.7 Å². The van der Waals surface area contributed by atoms with Crippen LogP contribution < -0.4 is 5.32 Å². The number of carbonyl (C=O) groups excluding carboxylic acids is 2. The Bertz CT molecular complexity index is 1140. The number of benzene rings is 2. The van der Waals surface area contributed by atoms with Gasteiger partial charge in [0.15, 0.2) is 0 Å². The zero-order valence-electron chi connectivity index (χ0n) is 18.2. The molecule has 2 heterocycles. The summed E-state index contributed by atoms with van der Waals surface area (Å²) in [5, 5.41) is 3.95. The van der Waals surface area contributed by atoms with Gasteiger partial charge in [0.25, 0.3) is 5.91 Å². The number of hydrogen-bond donors (Lipinski definition) is 1. The van der Waals surface area contributed by atoms with Crippen molar-refractivity contribution in [1.82, 2.24) is 14.8 Å². The Balaban J connectivity index is 1.76. The largest absolute Gasteiger partial charge is 0.354 e. The minimum Gasteiger partial charge on any atom is -0.354 e. The predicted octanol–water partition coefficient (Wildman–Crippen LogP) is 4.36. The van der Waals surface area contributed by atoms with Crippen molar-refractivity contribution in [2.75, 3.05) is 6.54 Å². The van der Waals surface area contributed by atoms with E-state index in [1.54, 1.807) is 25.1 Å². The molecule has 1 N–H and O–H groups in total. The Morgan fingerprint density at radius 3 is 2.61 bits per heavy atom. The van der Waals surface area contributed by atoms with Crippen LogP contribution in [-0.4, -0.2) is 33.4 Å². The highest BCUT2D eigenvalue weighted by Gasteiger charge is 2.47. The fourth-order valence-corrected chi connectivity index (χ4v) is 4.22. The van der Waals surface area contributed by atoms with Crippen LogP contribution in [0.25, 0.3) is 10.9 Å². The molecule has 0 spiro atoms. The average Bonchev–Trinajstić information content (AvgIpc) is 3.10. The molecule has 0 radical (unpaired) electrons. The van der Waals surface area contributed by atoms with Gasteiger partial charge in [-0.05, 0) is 37.5 Å². The van der Waals surface area contributed by atoms with E-state index in [9.17, 15) is 14.0 Å². The van der Waals surface area contributed by atoms with Crippen LogP contribution in [0.5, 0.6) is 0 Å². The molecule has 1 unspecified atom stereocenters. The topological polar surface area (TPSA) is 54.3 Å². The molecule has 1 aromatic heterocycles. The van der Waals surface area contributed by atoms with Gasteiger partial charge in [-0.25, -0.2) is 4.39 Å². The first-order valence-corrected chi connectivity index (χ1v) is 10.7. The maximum absolute atomic E-state index is 14.4. The summed E-state index contributed by atoms with van der Waals surface area (Å²) in [6, 6.07) is 16.0. The number of fused-ring (bicyclic) bond motifs is 3. The summed E-state index contributed by atoms with van der Waals surface area (Å²) in [7, 11) is 0. The molecular formula is C25H28FN3O2. The number of nitrogens with zero attached hydrogens (tertiary/aromatic N) is 2. The zero-order chi connectivity index (χ0) is 22.2. The number of rotatable bonds is 6. The number of halogens is 1. The standard InChI is InChI=1S/C25H28FN3O2/c1-17(2)12-13-27-24(31)25(3)16-28-21-11-7-5-8-18(21)14-22(28)23(30)29(25)15-19-9-4-6-10-20(19)26/h4-11,14,17H,12-13,15-16H2,1-3H3,(H,27,31). The SMILES string of the molecule is CC(C)CCNC(=O)C1(C)Cn2c(cc3ccccc32)C(=O)N1Cc1ccccc1F. The second-order valence-corrected chi connectivity index (χ2v) is 8.87. The van der Waals surface area contributed by atoms with Crippen LogP contribution in [0.2, 0.25) is 0 Å². The third-order valence-corrected chi connectivity index (χ3v) is 6.12. The van der Waals surface area contributed by atoms with E-state index in [1.165, 1.54) is 11.0 Å². The third-order valence-electron chi connectivity index (χ3n) is 6.12. The van der Waals surface area contributed by atoms with E-state index in [2.05, 4.69) is 19.2 Å². The molecule has 0 fully saturated rings. The molecule has 2 amide bonds. The molecule has 1 aliphatic rings. The first-order valence-electron chi connectivity index (χ1n) is 10.7. The van der Waals surface area contributed by atoms with Gasteiger partial charge in [-0.15, -0.1) is 0 Å². The van der Waals surface area contributed by atoms with Crippen molar-refractivity contribution in [3.63, 3.8) is 0 Å². The molecule has 0 saturated carbocycles. The van der Waals surface area contributed by atoms with Crippen LogP contribution in [-0.2, 0) is 17.9 Å². The van der Waals surface area contributed by atoms with Crippen LogP contribution in [0.3, 0.4) is 0 Å². The third kappa shape index (κ3) is 3.82. The van der Waals surface area contributed by atoms with Gasteiger partial charge in [0.2, 0.25) is 5.91 Å². The van der Waals surface area contributed by atoms with Gasteiger partial charge in [0, 0.05) is 23.0 Å². The monoisotopic (exact) mass is 421 g/mol. The molecule has 5 nitrogen and oxygen atoms in total. The first-order chi connectivity index (χ1) is 14.8. The number of aromatic nitrogens is 1. The van der Waals surface area contributed by atoms with Gasteiger partial charge < -0.3 is 14.8 Å². The summed E-state index contributed by atoms with van der Waals surface area (Å²) in [6.45, 7) is 6.84. The molecule has 1 atom stereocenters. The van der Waals surface area contributed by atoms with Crippen molar-refractivity contribution >= 4 is 22.7 Å². The van der Waals surface area contributed by atoms with Crippen LogP contribution in [0.4, 0.5) is 4.39 Å². The van der Waals surface area contributed by atoms with E-state index >= 15 is 0 Å². The summed E-state index contributed by atoms with van der Waals surface area (Å²) in [4.78, 5) is 28.5. The van der Waals surface area contributed by atoms with E-state index in [1.807, 2.05) is 34.9 Å². The quantitative estimate of drug-likeness (QED) is 0.643. The highest BCUT2D eigenvalue weighted by molar-refractivity contribution is 6.03. The number of amides is 2. The summed E-state index contributed by atoms with van der Waals surface area (Å²) in [5.41, 5.74) is 0.676. The minimum absolute atomic E-state index is 0.0289. The van der Waals surface area contributed by atoms with E-state index in [4.69, 9.17) is 0 Å². The normalized spacial score (nSPS) is 18.5. The molecule has 4 rings (SSSR count). The lowest BCUT2D eigenvalue weighted by molar-refractivity contribution is -0.133. The van der Waals surface area contributed by atoms with Crippen molar-refractivity contribution in [3.8, 4) is 0 Å². The molecule has 31 heavy (non-hydrogen) atoms. The number of carbonyl (C=O) groups is 2. The molecule has 6 heteroatoms. The molecule has 162 valence electrons. The van der Waals surface area contributed by atoms with Gasteiger partial charge in [-0.1, -0.05) is 50.2 Å². The fourth-order valence-electron chi connectivity index (χ4n) is 4.22. The average molecular weight is 422 g/mol. The predicted molar refractivity (Wildman–Crippen MR) is 119 cm³/mol. The van der Waals surface area contributed by atoms with Crippen molar-refractivity contribution in [1.29, 1.82) is 0 Å². The molecule has 0 saturated heterocycles. The lowest BCUT2D eigenvalue weighted by atomic mass is 9.93. The Hall–Kier alpha value is -3.15. The molecular weight excluding hydrogens is 393 g/mol. The fraction of sp³-hybridized carbons (Fsp3) is 0.360. The maximum Gasteiger partial charge on any atom is 0.271 e. The number of nitrogens with one attached hydrogen (secondary N) is 1. The highest BCUT2D eigenvalue weighted by atomic mass is 19.1. The number of para-hydroxylation sites is 1. The summed E-state index contributed by atoms with van der Waals surface area (Å²) in [5.74, 6) is -0.423. The van der Waals surface area contributed by atoms with Crippen molar-refractivity contribution in [2.24, 2.45) is 5.92 Å². The Morgan fingerprint density at radius 2 is 1.87 bits per heavy atom. The first kappa shape index (κ1) is 21.1. The van der Waals surface area contributed by atoms with E-state index in [0.717, 1.165) is 17.3 Å². The Labute approximate surface area is 181 Å². The molecule has 3 aromatic rings. The lowest BCUT2D eigenvalue weighted by Gasteiger charge is -2.44. The smallest absolute Gasteiger partial charge is 0.271 e. The molecule has 0 aliphatic carbocycles. The summed E-state index contributed by atoms with van der Waals surface area (Å²) in [6.07, 6.45) is 0.848. The summed E-state index contributed by atoms with van der Waals surface area (Å²) >= 11 is 0. The second-order valence-electron chi connectivity index (χ2n) is 8.87. The van der Waals surface area contributed by atoms with Gasteiger partial charge in [0.1, 0.15) is 17.1 Å². The van der Waals surface area contributed by atoms with Gasteiger partial charge >= 0.3 is 0 Å². The Morgan fingerprint density at radius 1 is 1.16 bits per heavy atom. The zero-order valence-corrected chi connectivity index (χ0v) is 18.2. The van der Waals surface area contributed by atoms with E-state index in [-0.39, 0.29) is 24.2 Å². The summed E-state index contributed by atoms with van der Waals surface area (Å²) < 4.78 is 16.3. The molecule has 2 aromatic carbocycles. The highest BCUT2D eigenvalue weighted by Crippen LogP contribution is 2.33. The van der Waals surface area contributed by atoms with Crippen molar-refractivity contribution in [3.05, 3.63) is 71.7 Å².